The number of fused-ring (bicyclic) bond motifs is 2. The van der Waals surface area contributed by atoms with Gasteiger partial charge in [0, 0.05) is 12.8 Å². The number of ketones is 1. The maximum Gasteiger partial charge on any atom is 0.309 e. The summed E-state index contributed by atoms with van der Waals surface area (Å²) in [5.41, 5.74) is -0.813. The van der Waals surface area contributed by atoms with Gasteiger partial charge in [0.2, 0.25) is 0 Å². The van der Waals surface area contributed by atoms with E-state index in [2.05, 4.69) is 6.92 Å². The van der Waals surface area contributed by atoms with Crippen molar-refractivity contribution in [2.45, 2.75) is 46.3 Å². The van der Waals surface area contributed by atoms with Crippen LogP contribution in [-0.2, 0) is 23.9 Å². The van der Waals surface area contributed by atoms with E-state index in [1.54, 1.807) is 13.0 Å². The Morgan fingerprint density at radius 2 is 2.05 bits per heavy atom. The van der Waals surface area contributed by atoms with Gasteiger partial charge in [0.25, 0.3) is 0 Å². The standard InChI is InChI=1S/C17H22O5/c1-8-7-12-14(9(2)16(20)22-12)15(21-10(3)18)17(4)11(8)5-6-13(17)19/h5-6,8-9,11-12,14-15H,7H2,1-4H3/t8-,9+,11+,12+,14-,15-,17+/m0/s1. The largest absolute Gasteiger partial charge is 0.462 e. The van der Waals surface area contributed by atoms with Gasteiger partial charge in [0.05, 0.1) is 11.3 Å². The van der Waals surface area contributed by atoms with Gasteiger partial charge in [-0.1, -0.05) is 19.9 Å². The molecule has 5 nitrogen and oxygen atoms in total. The normalized spacial score (nSPS) is 46.7. The average molecular weight is 306 g/mol. The summed E-state index contributed by atoms with van der Waals surface area (Å²) < 4.78 is 11.1. The lowest BCUT2D eigenvalue weighted by Crippen LogP contribution is -2.50. The summed E-state index contributed by atoms with van der Waals surface area (Å²) in [5, 5.41) is 0. The molecule has 120 valence electrons. The van der Waals surface area contributed by atoms with Gasteiger partial charge in [-0.15, -0.1) is 0 Å². The molecule has 0 amide bonds. The molecule has 0 radical (unpaired) electrons. The fourth-order valence-corrected chi connectivity index (χ4v) is 4.61. The van der Waals surface area contributed by atoms with Crippen molar-refractivity contribution in [2.75, 3.05) is 0 Å². The number of allylic oxidation sites excluding steroid dienone is 2. The van der Waals surface area contributed by atoms with E-state index in [4.69, 9.17) is 9.47 Å². The number of hydrogen-bond donors (Lipinski definition) is 0. The molecule has 1 heterocycles. The minimum atomic E-state index is -0.813. The molecule has 3 rings (SSSR count). The topological polar surface area (TPSA) is 69.7 Å². The van der Waals surface area contributed by atoms with Gasteiger partial charge in [-0.2, -0.15) is 0 Å². The molecule has 1 saturated carbocycles. The Bertz CT molecular complexity index is 565. The SMILES string of the molecule is CC(=O)O[C@H]1[C@@H]2[C@@H](C[C@H](C)[C@H]3C=CC(=O)[C@@]31C)OC(=O)[C@@H]2C. The Balaban J connectivity index is 2.10. The first-order valence-corrected chi connectivity index (χ1v) is 7.87. The molecule has 3 aliphatic rings. The van der Waals surface area contributed by atoms with Crippen molar-refractivity contribution in [3.05, 3.63) is 12.2 Å². The van der Waals surface area contributed by atoms with Crippen LogP contribution in [-0.4, -0.2) is 29.9 Å². The minimum Gasteiger partial charge on any atom is -0.462 e. The van der Waals surface area contributed by atoms with E-state index in [0.29, 0.717) is 6.42 Å². The van der Waals surface area contributed by atoms with Crippen LogP contribution in [0.25, 0.3) is 0 Å². The van der Waals surface area contributed by atoms with E-state index in [0.717, 1.165) is 0 Å². The van der Waals surface area contributed by atoms with Crippen molar-refractivity contribution in [3.63, 3.8) is 0 Å². The quantitative estimate of drug-likeness (QED) is 0.692. The van der Waals surface area contributed by atoms with Crippen LogP contribution in [0.3, 0.4) is 0 Å². The fourth-order valence-electron chi connectivity index (χ4n) is 4.61. The second kappa shape index (κ2) is 4.93. The summed E-state index contributed by atoms with van der Waals surface area (Å²) in [6.07, 6.45) is 3.30. The third-order valence-electron chi connectivity index (χ3n) is 5.77. The molecule has 0 aromatic carbocycles. The summed E-state index contributed by atoms with van der Waals surface area (Å²) in [5.74, 6) is -1.17. The summed E-state index contributed by atoms with van der Waals surface area (Å²) in [4.78, 5) is 36.2. The van der Waals surface area contributed by atoms with Crippen LogP contribution in [0.1, 0.15) is 34.1 Å². The maximum absolute atomic E-state index is 12.6. The molecule has 2 fully saturated rings. The number of carbonyl (C=O) groups is 3. The zero-order valence-electron chi connectivity index (χ0n) is 13.4. The highest BCUT2D eigenvalue weighted by Crippen LogP contribution is 2.54. The first kappa shape index (κ1) is 15.3. The highest BCUT2D eigenvalue weighted by atomic mass is 16.6. The van der Waals surface area contributed by atoms with E-state index < -0.39 is 17.5 Å². The summed E-state index contributed by atoms with van der Waals surface area (Å²) >= 11 is 0. The summed E-state index contributed by atoms with van der Waals surface area (Å²) in [7, 11) is 0. The molecule has 22 heavy (non-hydrogen) atoms. The van der Waals surface area contributed by atoms with Crippen molar-refractivity contribution >= 4 is 17.7 Å². The Morgan fingerprint density at radius 3 is 2.68 bits per heavy atom. The smallest absolute Gasteiger partial charge is 0.309 e. The fraction of sp³-hybridized carbons (Fsp3) is 0.706. The van der Waals surface area contributed by atoms with Gasteiger partial charge < -0.3 is 9.47 Å². The molecule has 0 aromatic heterocycles. The molecule has 1 saturated heterocycles. The molecule has 0 spiro atoms. The second-order valence-corrected chi connectivity index (χ2v) is 7.12. The maximum atomic E-state index is 12.6. The first-order valence-electron chi connectivity index (χ1n) is 7.87. The molecule has 7 atom stereocenters. The van der Waals surface area contributed by atoms with Crippen molar-refractivity contribution in [1.29, 1.82) is 0 Å². The lowest BCUT2D eigenvalue weighted by Gasteiger charge is -2.40. The summed E-state index contributed by atoms with van der Waals surface area (Å²) in [6.45, 7) is 7.07. The first-order chi connectivity index (χ1) is 10.3. The monoisotopic (exact) mass is 306 g/mol. The zero-order valence-corrected chi connectivity index (χ0v) is 13.4. The highest BCUT2D eigenvalue weighted by Gasteiger charge is 2.62. The van der Waals surface area contributed by atoms with Gasteiger partial charge in [-0.25, -0.2) is 0 Å². The molecular formula is C17H22O5. The van der Waals surface area contributed by atoms with Crippen LogP contribution >= 0.6 is 0 Å². The van der Waals surface area contributed by atoms with E-state index in [-0.39, 0.29) is 41.5 Å². The van der Waals surface area contributed by atoms with Crippen LogP contribution in [0.4, 0.5) is 0 Å². The highest BCUT2D eigenvalue weighted by molar-refractivity contribution is 5.98. The van der Waals surface area contributed by atoms with E-state index in [1.807, 2.05) is 13.0 Å². The van der Waals surface area contributed by atoms with Gasteiger partial charge in [-0.3, -0.25) is 14.4 Å². The van der Waals surface area contributed by atoms with E-state index in [1.165, 1.54) is 6.92 Å². The van der Waals surface area contributed by atoms with Gasteiger partial charge in [0.1, 0.15) is 12.2 Å². The number of rotatable bonds is 1. The van der Waals surface area contributed by atoms with Crippen LogP contribution in [0.2, 0.25) is 0 Å². The van der Waals surface area contributed by atoms with Gasteiger partial charge in [0.15, 0.2) is 5.78 Å². The third-order valence-corrected chi connectivity index (χ3v) is 5.77. The number of ether oxygens (including phenoxy) is 2. The molecular weight excluding hydrogens is 284 g/mol. The number of esters is 2. The van der Waals surface area contributed by atoms with Crippen molar-refractivity contribution < 1.29 is 23.9 Å². The Hall–Kier alpha value is -1.65. The predicted molar refractivity (Wildman–Crippen MR) is 77.6 cm³/mol. The Morgan fingerprint density at radius 1 is 1.36 bits per heavy atom. The van der Waals surface area contributed by atoms with Crippen LogP contribution in [0, 0.1) is 29.1 Å². The van der Waals surface area contributed by atoms with Crippen LogP contribution in [0.15, 0.2) is 12.2 Å². The number of hydrogen-bond acceptors (Lipinski definition) is 5. The molecule has 0 aromatic rings. The predicted octanol–water partition coefficient (Wildman–Crippen LogP) is 1.90. The van der Waals surface area contributed by atoms with Gasteiger partial charge >= 0.3 is 11.9 Å². The molecule has 2 aliphatic carbocycles. The zero-order chi connectivity index (χ0) is 16.2. The summed E-state index contributed by atoms with van der Waals surface area (Å²) in [6, 6.07) is 0. The molecule has 0 unspecified atom stereocenters. The van der Waals surface area contributed by atoms with E-state index >= 15 is 0 Å². The Kier molecular flexibility index (Phi) is 3.42. The molecule has 0 N–H and O–H groups in total. The van der Waals surface area contributed by atoms with E-state index in [9.17, 15) is 14.4 Å². The average Bonchev–Trinajstić information content (AvgIpc) is 2.84. The second-order valence-electron chi connectivity index (χ2n) is 7.12. The molecule has 1 aliphatic heterocycles. The third kappa shape index (κ3) is 1.94. The lowest BCUT2D eigenvalue weighted by atomic mass is 9.66. The van der Waals surface area contributed by atoms with Crippen molar-refractivity contribution in [1.82, 2.24) is 0 Å². The van der Waals surface area contributed by atoms with Crippen LogP contribution in [0.5, 0.6) is 0 Å². The Labute approximate surface area is 130 Å². The molecule has 0 bridgehead atoms. The minimum absolute atomic E-state index is 0.000789. The van der Waals surface area contributed by atoms with Crippen molar-refractivity contribution in [3.8, 4) is 0 Å². The lowest BCUT2D eigenvalue weighted by molar-refractivity contribution is -0.165. The molecule has 5 heteroatoms. The van der Waals surface area contributed by atoms with Crippen LogP contribution < -0.4 is 0 Å². The van der Waals surface area contributed by atoms with Crippen molar-refractivity contribution in [2.24, 2.45) is 29.1 Å². The number of carbonyl (C=O) groups excluding carboxylic acids is 3. The van der Waals surface area contributed by atoms with Gasteiger partial charge in [-0.05, 0) is 31.3 Å².